The van der Waals surface area contributed by atoms with E-state index in [0.717, 1.165) is 24.0 Å². The van der Waals surface area contributed by atoms with Gasteiger partial charge in [0.15, 0.2) is 0 Å². The summed E-state index contributed by atoms with van der Waals surface area (Å²) < 4.78 is 0. The molecule has 0 saturated heterocycles. The summed E-state index contributed by atoms with van der Waals surface area (Å²) in [5.74, 6) is 0.818. The fourth-order valence-corrected chi connectivity index (χ4v) is 2.23. The van der Waals surface area contributed by atoms with Crippen LogP contribution >= 0.6 is 11.6 Å². The van der Waals surface area contributed by atoms with E-state index in [1.807, 2.05) is 12.1 Å². The zero-order chi connectivity index (χ0) is 12.3. The number of benzene rings is 1. The van der Waals surface area contributed by atoms with Crippen LogP contribution in [0.15, 0.2) is 24.3 Å². The van der Waals surface area contributed by atoms with Gasteiger partial charge in [0.05, 0.1) is 0 Å². The van der Waals surface area contributed by atoms with Gasteiger partial charge in [-0.1, -0.05) is 23.7 Å². The Labute approximate surface area is 109 Å². The minimum Gasteiger partial charge on any atom is -0.308 e. The van der Waals surface area contributed by atoms with Gasteiger partial charge in [0, 0.05) is 24.2 Å². The van der Waals surface area contributed by atoms with Crippen LogP contribution in [0.3, 0.4) is 0 Å². The molecule has 0 bridgehead atoms. The number of hydrogen-bond donors (Lipinski definition) is 1. The molecule has 0 aliphatic heterocycles. The molecule has 1 aliphatic carbocycles. The molecular weight excluding hydrogens is 232 g/mol. The Morgan fingerprint density at radius 3 is 2.47 bits per heavy atom. The first-order valence-electron chi connectivity index (χ1n) is 6.30. The molecule has 1 aromatic rings. The van der Waals surface area contributed by atoms with Gasteiger partial charge in [0.1, 0.15) is 0 Å². The predicted molar refractivity (Wildman–Crippen MR) is 73.5 cm³/mol. The van der Waals surface area contributed by atoms with Crippen molar-refractivity contribution in [2.24, 2.45) is 5.92 Å². The van der Waals surface area contributed by atoms with Crippen LogP contribution in [0.4, 0.5) is 0 Å². The van der Waals surface area contributed by atoms with E-state index < -0.39 is 0 Å². The van der Waals surface area contributed by atoms with Crippen LogP contribution < -0.4 is 5.32 Å². The minimum atomic E-state index is 0.507. The van der Waals surface area contributed by atoms with Gasteiger partial charge < -0.3 is 10.2 Å². The zero-order valence-electron chi connectivity index (χ0n) is 10.6. The molecule has 94 valence electrons. The maximum Gasteiger partial charge on any atom is 0.0406 e. The summed E-state index contributed by atoms with van der Waals surface area (Å²) >= 11 is 5.93. The molecule has 1 unspecified atom stereocenters. The molecule has 1 aromatic carbocycles. The molecule has 0 radical (unpaired) electrons. The Balaban J connectivity index is 1.94. The number of rotatable bonds is 6. The van der Waals surface area contributed by atoms with Gasteiger partial charge >= 0.3 is 0 Å². The third-order valence-corrected chi connectivity index (χ3v) is 3.50. The van der Waals surface area contributed by atoms with Gasteiger partial charge in [-0.25, -0.2) is 0 Å². The maximum atomic E-state index is 5.93. The fourth-order valence-electron chi connectivity index (χ4n) is 2.10. The Morgan fingerprint density at radius 2 is 1.94 bits per heavy atom. The van der Waals surface area contributed by atoms with Gasteiger partial charge in [0.25, 0.3) is 0 Å². The first-order valence-corrected chi connectivity index (χ1v) is 6.68. The van der Waals surface area contributed by atoms with E-state index >= 15 is 0 Å². The Morgan fingerprint density at radius 1 is 1.29 bits per heavy atom. The van der Waals surface area contributed by atoms with Crippen molar-refractivity contribution in [3.63, 3.8) is 0 Å². The largest absolute Gasteiger partial charge is 0.308 e. The van der Waals surface area contributed by atoms with Gasteiger partial charge in [-0.2, -0.15) is 0 Å². The summed E-state index contributed by atoms with van der Waals surface area (Å²) in [7, 11) is 4.21. The van der Waals surface area contributed by atoms with E-state index in [-0.39, 0.29) is 0 Å². The fraction of sp³-hybridized carbons (Fsp3) is 0.571. The SMILES string of the molecule is CN(C)CCNC(c1ccc(Cl)cc1)C1CC1. The summed E-state index contributed by atoms with van der Waals surface area (Å²) in [6.07, 6.45) is 2.70. The molecule has 2 nitrogen and oxygen atoms in total. The van der Waals surface area contributed by atoms with E-state index in [1.54, 1.807) is 0 Å². The van der Waals surface area contributed by atoms with E-state index in [0.29, 0.717) is 6.04 Å². The Hall–Kier alpha value is -0.570. The van der Waals surface area contributed by atoms with Crippen molar-refractivity contribution >= 4 is 11.6 Å². The van der Waals surface area contributed by atoms with Crippen molar-refractivity contribution in [3.8, 4) is 0 Å². The summed E-state index contributed by atoms with van der Waals surface area (Å²) in [5.41, 5.74) is 1.37. The van der Waals surface area contributed by atoms with Crippen molar-refractivity contribution in [1.29, 1.82) is 0 Å². The molecule has 1 aliphatic rings. The molecule has 0 amide bonds. The highest BCUT2D eigenvalue weighted by molar-refractivity contribution is 6.30. The van der Waals surface area contributed by atoms with Crippen molar-refractivity contribution < 1.29 is 0 Å². The average molecular weight is 253 g/mol. The first-order chi connectivity index (χ1) is 8.16. The van der Waals surface area contributed by atoms with E-state index in [9.17, 15) is 0 Å². The lowest BCUT2D eigenvalue weighted by Gasteiger charge is -2.20. The molecule has 2 rings (SSSR count). The van der Waals surface area contributed by atoms with Crippen LogP contribution in [0.1, 0.15) is 24.4 Å². The minimum absolute atomic E-state index is 0.507. The summed E-state index contributed by atoms with van der Waals surface area (Å²) in [6.45, 7) is 2.12. The van der Waals surface area contributed by atoms with Crippen molar-refractivity contribution in [2.45, 2.75) is 18.9 Å². The van der Waals surface area contributed by atoms with Crippen LogP contribution in [0.5, 0.6) is 0 Å². The lowest BCUT2D eigenvalue weighted by molar-refractivity contribution is 0.374. The lowest BCUT2D eigenvalue weighted by Crippen LogP contribution is -2.30. The molecule has 1 N–H and O–H groups in total. The maximum absolute atomic E-state index is 5.93. The van der Waals surface area contributed by atoms with Gasteiger partial charge in [0.2, 0.25) is 0 Å². The Kier molecular flexibility index (Phi) is 4.43. The summed E-state index contributed by atoms with van der Waals surface area (Å²) in [5, 5.41) is 4.48. The number of nitrogens with one attached hydrogen (secondary N) is 1. The van der Waals surface area contributed by atoms with Gasteiger partial charge in [-0.05, 0) is 50.6 Å². The second-order valence-electron chi connectivity index (χ2n) is 5.12. The summed E-state index contributed by atoms with van der Waals surface area (Å²) in [4.78, 5) is 2.21. The first kappa shape index (κ1) is 12.9. The number of halogens is 1. The third-order valence-electron chi connectivity index (χ3n) is 3.25. The van der Waals surface area contributed by atoms with Gasteiger partial charge in [-0.3, -0.25) is 0 Å². The highest BCUT2D eigenvalue weighted by Gasteiger charge is 2.31. The molecule has 3 heteroatoms. The van der Waals surface area contributed by atoms with Gasteiger partial charge in [-0.15, -0.1) is 0 Å². The van der Waals surface area contributed by atoms with E-state index in [2.05, 4.69) is 36.4 Å². The average Bonchev–Trinajstić information content (AvgIpc) is 3.10. The normalized spacial score (nSPS) is 17.4. The second-order valence-corrected chi connectivity index (χ2v) is 5.56. The Bertz CT molecular complexity index is 344. The second kappa shape index (κ2) is 5.85. The number of nitrogens with zero attached hydrogens (tertiary/aromatic N) is 1. The van der Waals surface area contributed by atoms with Crippen molar-refractivity contribution in [1.82, 2.24) is 10.2 Å². The molecule has 1 saturated carbocycles. The zero-order valence-corrected chi connectivity index (χ0v) is 11.4. The number of hydrogen-bond acceptors (Lipinski definition) is 2. The molecule has 0 heterocycles. The van der Waals surface area contributed by atoms with Crippen LogP contribution in [-0.2, 0) is 0 Å². The number of likely N-dealkylation sites (N-methyl/N-ethyl adjacent to an activating group) is 1. The molecule has 0 aromatic heterocycles. The molecule has 1 atom stereocenters. The smallest absolute Gasteiger partial charge is 0.0406 e. The third kappa shape index (κ3) is 3.98. The quantitative estimate of drug-likeness (QED) is 0.838. The monoisotopic (exact) mass is 252 g/mol. The van der Waals surface area contributed by atoms with Crippen molar-refractivity contribution in [3.05, 3.63) is 34.9 Å². The molecule has 17 heavy (non-hydrogen) atoms. The summed E-state index contributed by atoms with van der Waals surface area (Å²) in [6, 6.07) is 8.77. The van der Waals surface area contributed by atoms with E-state index in [1.165, 1.54) is 18.4 Å². The molecular formula is C14H21ClN2. The standard InChI is InChI=1S/C14H21ClN2/c1-17(2)10-9-16-14(11-3-4-11)12-5-7-13(15)8-6-12/h5-8,11,14,16H,3-4,9-10H2,1-2H3. The van der Waals surface area contributed by atoms with Crippen LogP contribution in [0.25, 0.3) is 0 Å². The van der Waals surface area contributed by atoms with Crippen LogP contribution in [0, 0.1) is 5.92 Å². The highest BCUT2D eigenvalue weighted by atomic mass is 35.5. The predicted octanol–water partition coefficient (Wildman–Crippen LogP) is 2.94. The lowest BCUT2D eigenvalue weighted by atomic mass is 10.0. The molecule has 1 fully saturated rings. The van der Waals surface area contributed by atoms with Crippen LogP contribution in [0.2, 0.25) is 5.02 Å². The van der Waals surface area contributed by atoms with E-state index in [4.69, 9.17) is 11.6 Å². The topological polar surface area (TPSA) is 15.3 Å². The van der Waals surface area contributed by atoms with Crippen LogP contribution in [-0.4, -0.2) is 32.1 Å². The highest BCUT2D eigenvalue weighted by Crippen LogP contribution is 2.41. The molecule has 0 spiro atoms. The van der Waals surface area contributed by atoms with Crippen molar-refractivity contribution in [2.75, 3.05) is 27.2 Å².